The predicted octanol–water partition coefficient (Wildman–Crippen LogP) is 3.14. The Balaban J connectivity index is 1.87. The molecule has 0 spiro atoms. The molecule has 0 bridgehead atoms. The van der Waals surface area contributed by atoms with E-state index in [1.54, 1.807) is 7.11 Å². The number of methoxy groups -OCH3 is 1. The summed E-state index contributed by atoms with van der Waals surface area (Å²) in [5, 5.41) is 1.93. The quantitative estimate of drug-likeness (QED) is 0.813. The van der Waals surface area contributed by atoms with Crippen LogP contribution in [0.15, 0.2) is 36.4 Å². The smallest absolute Gasteiger partial charge is 0.177 e. The molecule has 1 saturated heterocycles. The van der Waals surface area contributed by atoms with Crippen molar-refractivity contribution in [2.24, 2.45) is 0 Å². The van der Waals surface area contributed by atoms with Crippen LogP contribution in [-0.4, -0.2) is 49.6 Å². The first-order chi connectivity index (χ1) is 11.1. The van der Waals surface area contributed by atoms with E-state index < -0.39 is 0 Å². The van der Waals surface area contributed by atoms with Crippen LogP contribution in [0.3, 0.4) is 0 Å². The van der Waals surface area contributed by atoms with E-state index in [1.165, 1.54) is 0 Å². The standard InChI is InChI=1S/C19H23NO3/c1-13-10-20(11-14(2)23-13)12-18(21)16-8-9-19(22-3)17-7-5-4-6-15(16)17/h4-9,13-14H,10-12H2,1-3H3. The number of benzene rings is 2. The van der Waals surface area contributed by atoms with Crippen LogP contribution < -0.4 is 4.74 Å². The number of nitrogens with zero attached hydrogens (tertiary/aromatic N) is 1. The molecule has 1 heterocycles. The summed E-state index contributed by atoms with van der Waals surface area (Å²) in [5.41, 5.74) is 0.758. The summed E-state index contributed by atoms with van der Waals surface area (Å²) in [4.78, 5) is 15.0. The minimum atomic E-state index is 0.144. The minimum Gasteiger partial charge on any atom is -0.496 e. The van der Waals surface area contributed by atoms with Crippen molar-refractivity contribution < 1.29 is 14.3 Å². The largest absolute Gasteiger partial charge is 0.496 e. The first-order valence-electron chi connectivity index (χ1n) is 8.05. The van der Waals surface area contributed by atoms with Gasteiger partial charge in [0.25, 0.3) is 0 Å². The van der Waals surface area contributed by atoms with E-state index in [0.717, 1.165) is 35.2 Å². The molecule has 0 N–H and O–H groups in total. The molecule has 0 saturated carbocycles. The molecule has 1 fully saturated rings. The number of hydrogen-bond donors (Lipinski definition) is 0. The molecule has 4 nitrogen and oxygen atoms in total. The second-order valence-corrected chi connectivity index (χ2v) is 6.24. The van der Waals surface area contributed by atoms with Gasteiger partial charge in [0.05, 0.1) is 25.9 Å². The highest BCUT2D eigenvalue weighted by atomic mass is 16.5. The highest BCUT2D eigenvalue weighted by Gasteiger charge is 2.24. The zero-order valence-electron chi connectivity index (χ0n) is 13.9. The summed E-state index contributed by atoms with van der Waals surface area (Å²) in [6, 6.07) is 11.6. The van der Waals surface area contributed by atoms with E-state index in [4.69, 9.17) is 9.47 Å². The van der Waals surface area contributed by atoms with Gasteiger partial charge >= 0.3 is 0 Å². The van der Waals surface area contributed by atoms with E-state index in [1.807, 2.05) is 36.4 Å². The first kappa shape index (κ1) is 16.0. The molecule has 2 unspecified atom stereocenters. The van der Waals surface area contributed by atoms with Crippen LogP contribution in [0, 0.1) is 0 Å². The van der Waals surface area contributed by atoms with Crippen LogP contribution >= 0.6 is 0 Å². The number of morpholine rings is 1. The maximum atomic E-state index is 12.8. The van der Waals surface area contributed by atoms with E-state index in [9.17, 15) is 4.79 Å². The number of carbonyl (C=O) groups is 1. The van der Waals surface area contributed by atoms with E-state index in [0.29, 0.717) is 6.54 Å². The summed E-state index contributed by atoms with van der Waals surface area (Å²) < 4.78 is 11.1. The van der Waals surface area contributed by atoms with Gasteiger partial charge in [-0.2, -0.15) is 0 Å². The highest BCUT2D eigenvalue weighted by Crippen LogP contribution is 2.28. The van der Waals surface area contributed by atoms with E-state index in [-0.39, 0.29) is 18.0 Å². The lowest BCUT2D eigenvalue weighted by Gasteiger charge is -2.34. The van der Waals surface area contributed by atoms with Crippen LogP contribution in [0.5, 0.6) is 5.75 Å². The van der Waals surface area contributed by atoms with Gasteiger partial charge in [0.1, 0.15) is 5.75 Å². The van der Waals surface area contributed by atoms with Crippen molar-refractivity contribution in [3.8, 4) is 5.75 Å². The average molecular weight is 313 g/mol. The molecule has 1 aliphatic heterocycles. The lowest BCUT2D eigenvalue weighted by molar-refractivity contribution is -0.0652. The lowest BCUT2D eigenvalue weighted by atomic mass is 10.00. The SMILES string of the molecule is COc1ccc(C(=O)CN2CC(C)OC(C)C2)c2ccccc12. The molecule has 0 radical (unpaired) electrons. The molecule has 23 heavy (non-hydrogen) atoms. The van der Waals surface area contributed by atoms with Gasteiger partial charge in [0.15, 0.2) is 5.78 Å². The monoisotopic (exact) mass is 313 g/mol. The van der Waals surface area contributed by atoms with Crippen LogP contribution in [0.25, 0.3) is 10.8 Å². The Bertz CT molecular complexity index is 703. The van der Waals surface area contributed by atoms with Crippen LogP contribution in [-0.2, 0) is 4.74 Å². The second kappa shape index (κ2) is 6.69. The first-order valence-corrected chi connectivity index (χ1v) is 8.05. The Hall–Kier alpha value is -1.91. The molecule has 2 atom stereocenters. The zero-order chi connectivity index (χ0) is 16.4. The maximum absolute atomic E-state index is 12.8. The lowest BCUT2D eigenvalue weighted by Crippen LogP contribution is -2.47. The van der Waals surface area contributed by atoms with Crippen LogP contribution in [0.4, 0.5) is 0 Å². The van der Waals surface area contributed by atoms with Gasteiger partial charge in [-0.15, -0.1) is 0 Å². The van der Waals surface area contributed by atoms with E-state index >= 15 is 0 Å². The van der Waals surface area contributed by atoms with Crippen molar-refractivity contribution in [2.45, 2.75) is 26.1 Å². The van der Waals surface area contributed by atoms with Gasteiger partial charge in [-0.05, 0) is 31.4 Å². The van der Waals surface area contributed by atoms with Gasteiger partial charge in [-0.3, -0.25) is 9.69 Å². The summed E-state index contributed by atoms with van der Waals surface area (Å²) >= 11 is 0. The number of fused-ring (bicyclic) bond motifs is 1. The summed E-state index contributed by atoms with van der Waals surface area (Å²) in [6.07, 6.45) is 0.332. The summed E-state index contributed by atoms with van der Waals surface area (Å²) in [7, 11) is 1.65. The molecule has 2 aromatic carbocycles. The zero-order valence-corrected chi connectivity index (χ0v) is 13.9. The van der Waals surface area contributed by atoms with Crippen LogP contribution in [0.1, 0.15) is 24.2 Å². The predicted molar refractivity (Wildman–Crippen MR) is 91.3 cm³/mol. The molecule has 122 valence electrons. The van der Waals surface area contributed by atoms with Gasteiger partial charge in [-0.1, -0.05) is 24.3 Å². The Morgan fingerprint density at radius 3 is 2.43 bits per heavy atom. The normalized spacial score (nSPS) is 22.2. The molecule has 2 aromatic rings. The van der Waals surface area contributed by atoms with Crippen molar-refractivity contribution in [3.05, 3.63) is 42.0 Å². The number of Topliss-reactive ketones (excluding diaryl/α,β-unsaturated/α-hetero) is 1. The molecule has 4 heteroatoms. The number of hydrogen-bond acceptors (Lipinski definition) is 4. The molecule has 1 aliphatic rings. The number of ether oxygens (including phenoxy) is 2. The topological polar surface area (TPSA) is 38.8 Å². The molecule has 0 aromatic heterocycles. The fourth-order valence-electron chi connectivity index (χ4n) is 3.39. The molecular formula is C19H23NO3. The third-order valence-electron chi connectivity index (χ3n) is 4.27. The summed E-state index contributed by atoms with van der Waals surface area (Å²) in [6.45, 7) is 6.12. The van der Waals surface area contributed by atoms with Crippen molar-refractivity contribution >= 4 is 16.6 Å². The Morgan fingerprint density at radius 1 is 1.13 bits per heavy atom. The average Bonchev–Trinajstić information content (AvgIpc) is 2.52. The fourth-order valence-corrected chi connectivity index (χ4v) is 3.39. The number of carbonyl (C=O) groups excluding carboxylic acids is 1. The van der Waals surface area contributed by atoms with Crippen LogP contribution in [0.2, 0.25) is 0 Å². The van der Waals surface area contributed by atoms with Crippen molar-refractivity contribution in [1.82, 2.24) is 4.90 Å². The maximum Gasteiger partial charge on any atom is 0.177 e. The molecule has 0 amide bonds. The van der Waals surface area contributed by atoms with Crippen molar-refractivity contribution in [3.63, 3.8) is 0 Å². The van der Waals surface area contributed by atoms with Gasteiger partial charge in [0, 0.05) is 24.0 Å². The molecule has 0 aliphatic carbocycles. The molecule has 3 rings (SSSR count). The third-order valence-corrected chi connectivity index (χ3v) is 4.27. The fraction of sp³-hybridized carbons (Fsp3) is 0.421. The third kappa shape index (κ3) is 3.38. The Kier molecular flexibility index (Phi) is 4.64. The van der Waals surface area contributed by atoms with Gasteiger partial charge < -0.3 is 9.47 Å². The molecular weight excluding hydrogens is 290 g/mol. The summed E-state index contributed by atoms with van der Waals surface area (Å²) in [5.74, 6) is 0.941. The van der Waals surface area contributed by atoms with Gasteiger partial charge in [-0.25, -0.2) is 0 Å². The number of rotatable bonds is 4. The Morgan fingerprint density at radius 2 is 1.78 bits per heavy atom. The minimum absolute atomic E-state index is 0.144. The van der Waals surface area contributed by atoms with Crippen molar-refractivity contribution in [1.29, 1.82) is 0 Å². The highest BCUT2D eigenvalue weighted by molar-refractivity contribution is 6.10. The van der Waals surface area contributed by atoms with Gasteiger partial charge in [0.2, 0.25) is 0 Å². The van der Waals surface area contributed by atoms with E-state index in [2.05, 4.69) is 18.7 Å². The number of ketones is 1. The Labute approximate surface area is 137 Å². The van der Waals surface area contributed by atoms with Crippen molar-refractivity contribution in [2.75, 3.05) is 26.7 Å². The second-order valence-electron chi connectivity index (χ2n) is 6.24.